The van der Waals surface area contributed by atoms with E-state index in [9.17, 15) is 24.3 Å². The van der Waals surface area contributed by atoms with E-state index in [0.717, 1.165) is 12.8 Å². The Balaban J connectivity index is 1.60. The fraction of sp³-hybridized carbons (Fsp3) is 0.588. The number of allylic oxidation sites excluding steroid dienone is 1. The van der Waals surface area contributed by atoms with Crippen molar-refractivity contribution in [3.8, 4) is 0 Å². The monoisotopic (exact) mass is 685 g/mol. The van der Waals surface area contributed by atoms with Crippen molar-refractivity contribution in [3.05, 3.63) is 58.6 Å². The lowest BCUT2D eigenvalue weighted by Gasteiger charge is -2.38. The first-order valence-corrected chi connectivity index (χ1v) is 16.9. The molecule has 0 saturated carbocycles. The number of nitrogens with one attached hydrogen (secondary N) is 1. The first-order valence-electron chi connectivity index (χ1n) is 16.1. The first-order chi connectivity index (χ1) is 21.6. The maximum absolute atomic E-state index is 14.7. The molecule has 244 valence electrons. The third kappa shape index (κ3) is 6.36. The minimum atomic E-state index is -1.36. The van der Waals surface area contributed by atoms with Crippen molar-refractivity contribution in [2.24, 2.45) is 11.8 Å². The number of unbranched alkanes of at least 4 members (excludes halogenated alkanes) is 1. The van der Waals surface area contributed by atoms with Crippen LogP contribution in [0.3, 0.4) is 0 Å². The van der Waals surface area contributed by atoms with Crippen molar-refractivity contribution in [3.63, 3.8) is 0 Å². The second-order valence-corrected chi connectivity index (χ2v) is 13.5. The van der Waals surface area contributed by atoms with Gasteiger partial charge in [-0.15, -0.1) is 0 Å². The summed E-state index contributed by atoms with van der Waals surface area (Å²) in [4.78, 5) is 59.6. The predicted molar refractivity (Wildman–Crippen MR) is 171 cm³/mol. The standard InChI is InChI=1S/C34H44BrN3O7/c1-4-13-21(2)37-17-10-6-9-16-25(40)36-22(3)28(23-14-7-5-8-15-23)44-33(43)26-27-31(41)38(18-11-12-19-39)30(32(37)42)34(27)20-24(35)29(26)45-34/h5-8,10,14-15,20-22,26-30,39H,4,9,11-13,16-19H2,1-3H3,(H,36,40)/b10-6-/t21?,22-,26+,27-,28+,29+,30+,34-/m0/s1. The van der Waals surface area contributed by atoms with Crippen LogP contribution in [0.4, 0.5) is 0 Å². The van der Waals surface area contributed by atoms with Gasteiger partial charge in [0.05, 0.1) is 12.0 Å². The third-order valence-corrected chi connectivity index (χ3v) is 10.2. The van der Waals surface area contributed by atoms with Gasteiger partial charge in [-0.1, -0.05) is 71.8 Å². The lowest BCUT2D eigenvalue weighted by Crippen LogP contribution is -2.57. The molecule has 11 heteroatoms. The molecule has 0 radical (unpaired) electrons. The number of rotatable bonds is 8. The lowest BCUT2D eigenvalue weighted by atomic mass is 9.74. The van der Waals surface area contributed by atoms with Gasteiger partial charge in [0.2, 0.25) is 17.7 Å². The number of halogens is 1. The Hall–Kier alpha value is -3.02. The second-order valence-electron chi connectivity index (χ2n) is 12.6. The fourth-order valence-corrected chi connectivity index (χ4v) is 8.08. The summed E-state index contributed by atoms with van der Waals surface area (Å²) in [5, 5.41) is 12.5. The number of carbonyl (C=O) groups is 4. The number of cyclic esters (lactones) is 1. The number of likely N-dealkylation sites (tertiary alicyclic amines) is 1. The van der Waals surface area contributed by atoms with Gasteiger partial charge in [-0.3, -0.25) is 19.2 Å². The topological polar surface area (TPSA) is 125 Å². The number of hydrogen-bond donors (Lipinski definition) is 2. The molecule has 2 N–H and O–H groups in total. The van der Waals surface area contributed by atoms with Gasteiger partial charge in [0.1, 0.15) is 29.8 Å². The van der Waals surface area contributed by atoms with Gasteiger partial charge in [0, 0.05) is 36.6 Å². The predicted octanol–water partition coefficient (Wildman–Crippen LogP) is 3.79. The third-order valence-electron chi connectivity index (χ3n) is 9.48. The van der Waals surface area contributed by atoms with Gasteiger partial charge in [-0.2, -0.15) is 0 Å². The second kappa shape index (κ2) is 14.2. The number of hydrogen-bond acceptors (Lipinski definition) is 7. The zero-order valence-electron chi connectivity index (χ0n) is 26.2. The van der Waals surface area contributed by atoms with Crippen LogP contribution in [0.2, 0.25) is 0 Å². The zero-order valence-corrected chi connectivity index (χ0v) is 27.8. The highest BCUT2D eigenvalue weighted by Gasteiger charge is 2.75. The van der Waals surface area contributed by atoms with E-state index in [1.54, 1.807) is 16.7 Å². The number of amides is 3. The van der Waals surface area contributed by atoms with E-state index in [1.165, 1.54) is 0 Å². The molecule has 4 aliphatic rings. The van der Waals surface area contributed by atoms with Crippen LogP contribution in [-0.4, -0.2) is 88.1 Å². The molecule has 8 atom stereocenters. The number of aliphatic hydroxyl groups is 1. The Morgan fingerprint density at radius 3 is 2.56 bits per heavy atom. The summed E-state index contributed by atoms with van der Waals surface area (Å²) >= 11 is 3.60. The summed E-state index contributed by atoms with van der Waals surface area (Å²) in [5.74, 6) is -3.34. The highest BCUT2D eigenvalue weighted by atomic mass is 79.9. The van der Waals surface area contributed by atoms with Crippen LogP contribution in [0, 0.1) is 11.8 Å². The number of carbonyl (C=O) groups excluding carboxylic acids is 4. The van der Waals surface area contributed by atoms with E-state index in [-0.39, 0.29) is 43.3 Å². The molecule has 10 nitrogen and oxygen atoms in total. The highest BCUT2D eigenvalue weighted by molar-refractivity contribution is 9.11. The van der Waals surface area contributed by atoms with E-state index in [0.29, 0.717) is 35.9 Å². The molecule has 1 unspecified atom stereocenters. The summed E-state index contributed by atoms with van der Waals surface area (Å²) in [6, 6.07) is 7.55. The minimum Gasteiger partial charge on any atom is -0.455 e. The Bertz CT molecular complexity index is 1340. The summed E-state index contributed by atoms with van der Waals surface area (Å²) in [7, 11) is 0. The normalized spacial score (nSPS) is 33.5. The van der Waals surface area contributed by atoms with E-state index < -0.39 is 47.7 Å². The fourth-order valence-electron chi connectivity index (χ4n) is 7.35. The van der Waals surface area contributed by atoms with Crippen molar-refractivity contribution in [1.29, 1.82) is 0 Å². The highest BCUT2D eigenvalue weighted by Crippen LogP contribution is 2.59. The molecule has 5 bridgehead atoms. The Morgan fingerprint density at radius 1 is 1.09 bits per heavy atom. The SMILES string of the molecule is CCCC(C)N1C/C=C\CCC(=O)N[C@@H](C)[C@H](c2ccccc2)OC(=O)[C@H]2[C@@H]3O[C@@]4(C=C3Br)[C@@H]2C(=O)N(CCCCO)[C@@H]4C1=O. The number of ether oxygens (including phenoxy) is 2. The van der Waals surface area contributed by atoms with Crippen LogP contribution in [0.25, 0.3) is 0 Å². The average molecular weight is 687 g/mol. The largest absolute Gasteiger partial charge is 0.455 e. The molecule has 0 aromatic heterocycles. The molecule has 1 spiro atoms. The van der Waals surface area contributed by atoms with Crippen LogP contribution in [-0.2, 0) is 28.7 Å². The van der Waals surface area contributed by atoms with Crippen LogP contribution in [0.15, 0.2) is 53.0 Å². The molecular formula is C34H44BrN3O7. The minimum absolute atomic E-state index is 0.0335. The van der Waals surface area contributed by atoms with E-state index in [4.69, 9.17) is 9.47 Å². The van der Waals surface area contributed by atoms with Gasteiger partial charge in [0.25, 0.3) is 0 Å². The van der Waals surface area contributed by atoms with Crippen LogP contribution in [0.5, 0.6) is 0 Å². The van der Waals surface area contributed by atoms with Crippen LogP contribution < -0.4 is 5.32 Å². The number of aliphatic hydroxyl groups excluding tert-OH is 1. The van der Waals surface area contributed by atoms with Gasteiger partial charge >= 0.3 is 5.97 Å². The molecule has 2 saturated heterocycles. The molecule has 3 amide bonds. The number of fused-ring (bicyclic) bond motifs is 2. The lowest BCUT2D eigenvalue weighted by molar-refractivity contribution is -0.161. The van der Waals surface area contributed by atoms with Crippen molar-refractivity contribution in [2.75, 3.05) is 19.7 Å². The van der Waals surface area contributed by atoms with Gasteiger partial charge in [-0.05, 0) is 51.2 Å². The molecule has 4 heterocycles. The Kier molecular flexibility index (Phi) is 10.5. The quantitative estimate of drug-likeness (QED) is 0.242. The van der Waals surface area contributed by atoms with Crippen molar-refractivity contribution in [1.82, 2.24) is 15.1 Å². The summed E-state index contributed by atoms with van der Waals surface area (Å²) in [6.45, 7) is 6.38. The summed E-state index contributed by atoms with van der Waals surface area (Å²) in [6.07, 6.45) is 7.33. The Labute approximate surface area is 273 Å². The maximum Gasteiger partial charge on any atom is 0.313 e. The molecule has 5 rings (SSSR count). The zero-order chi connectivity index (χ0) is 32.3. The van der Waals surface area contributed by atoms with Gasteiger partial charge < -0.3 is 29.7 Å². The number of nitrogens with zero attached hydrogens (tertiary/aromatic N) is 2. The van der Waals surface area contributed by atoms with E-state index in [2.05, 4.69) is 28.2 Å². The summed E-state index contributed by atoms with van der Waals surface area (Å²) < 4.78 is 13.4. The molecular weight excluding hydrogens is 642 g/mol. The van der Waals surface area contributed by atoms with Crippen molar-refractivity contribution in [2.45, 2.75) is 95.2 Å². The van der Waals surface area contributed by atoms with Gasteiger partial charge in [-0.25, -0.2) is 0 Å². The molecule has 45 heavy (non-hydrogen) atoms. The molecule has 4 aliphatic heterocycles. The van der Waals surface area contributed by atoms with Gasteiger partial charge in [0.15, 0.2) is 0 Å². The number of esters is 1. The maximum atomic E-state index is 14.7. The van der Waals surface area contributed by atoms with Crippen molar-refractivity contribution >= 4 is 39.6 Å². The Morgan fingerprint density at radius 2 is 1.84 bits per heavy atom. The molecule has 1 aromatic carbocycles. The van der Waals surface area contributed by atoms with E-state index in [1.807, 2.05) is 55.5 Å². The smallest absolute Gasteiger partial charge is 0.313 e. The van der Waals surface area contributed by atoms with Crippen LogP contribution >= 0.6 is 15.9 Å². The average Bonchev–Trinajstić information content (AvgIpc) is 3.60. The molecule has 2 fully saturated rings. The number of benzene rings is 1. The van der Waals surface area contributed by atoms with E-state index >= 15 is 0 Å². The van der Waals surface area contributed by atoms with Crippen molar-refractivity contribution < 1.29 is 33.8 Å². The molecule has 1 aromatic rings. The summed E-state index contributed by atoms with van der Waals surface area (Å²) in [5.41, 5.74) is -0.647. The van der Waals surface area contributed by atoms with Crippen LogP contribution in [0.1, 0.15) is 71.0 Å². The molecule has 0 aliphatic carbocycles. The first kappa shape index (κ1) is 33.3.